The highest BCUT2D eigenvalue weighted by atomic mass is 16.5. The number of rotatable bonds is 0. The number of allylic oxidation sites excluding steroid dienone is 2. The van der Waals surface area contributed by atoms with Crippen LogP contribution in [0.4, 0.5) is 0 Å². The predicted octanol–water partition coefficient (Wildman–Crippen LogP) is 1.22. The smallest absolute Gasteiger partial charge is 0.172 e. The summed E-state index contributed by atoms with van der Waals surface area (Å²) in [4.78, 5) is 4.18. The van der Waals surface area contributed by atoms with Crippen molar-refractivity contribution in [2.45, 2.75) is 5.60 Å². The van der Waals surface area contributed by atoms with Crippen LogP contribution in [-0.4, -0.2) is 18.4 Å². The van der Waals surface area contributed by atoms with Crippen LogP contribution in [0.3, 0.4) is 0 Å². The van der Waals surface area contributed by atoms with Gasteiger partial charge in [0, 0.05) is 11.8 Å². The molecule has 0 N–H and O–H groups in total. The largest absolute Gasteiger partial charge is 0.476 e. The van der Waals surface area contributed by atoms with E-state index in [9.17, 15) is 0 Å². The minimum Gasteiger partial charge on any atom is -0.476 e. The van der Waals surface area contributed by atoms with E-state index in [2.05, 4.69) is 17.1 Å². The molecule has 3 aliphatic rings. The molecule has 0 radical (unpaired) electrons. The SMILES string of the molecule is C1=CC23CN=CC=C2C=C1O3. The summed E-state index contributed by atoms with van der Waals surface area (Å²) in [6.45, 7) is 0.731. The molecule has 3 rings (SSSR count). The number of fused-ring (bicyclic) bond motifs is 1. The van der Waals surface area contributed by atoms with Gasteiger partial charge in [-0.15, -0.1) is 0 Å². The van der Waals surface area contributed by atoms with Crippen molar-refractivity contribution in [2.75, 3.05) is 6.54 Å². The monoisotopic (exact) mass is 145 g/mol. The normalized spacial score (nSPS) is 36.4. The Morgan fingerprint density at radius 3 is 3.36 bits per heavy atom. The van der Waals surface area contributed by atoms with Crippen molar-refractivity contribution < 1.29 is 4.74 Å². The number of aliphatic imine (C=N–C) groups is 1. The highest BCUT2D eigenvalue weighted by Gasteiger charge is 2.42. The lowest BCUT2D eigenvalue weighted by molar-refractivity contribution is 0.129. The highest BCUT2D eigenvalue weighted by molar-refractivity contribution is 5.77. The summed E-state index contributed by atoms with van der Waals surface area (Å²) in [7, 11) is 0. The molecule has 2 bridgehead atoms. The van der Waals surface area contributed by atoms with Crippen LogP contribution in [0.2, 0.25) is 0 Å². The van der Waals surface area contributed by atoms with Crippen LogP contribution in [-0.2, 0) is 4.74 Å². The van der Waals surface area contributed by atoms with E-state index in [1.807, 2.05) is 18.4 Å². The van der Waals surface area contributed by atoms with Gasteiger partial charge in [0.15, 0.2) is 5.60 Å². The molecule has 0 amide bonds. The fourth-order valence-corrected chi connectivity index (χ4v) is 1.69. The van der Waals surface area contributed by atoms with Gasteiger partial charge in [0.2, 0.25) is 0 Å². The third kappa shape index (κ3) is 0.507. The molecule has 0 saturated heterocycles. The summed E-state index contributed by atoms with van der Waals surface area (Å²) in [5, 5.41) is 0. The van der Waals surface area contributed by atoms with Crippen LogP contribution in [0.25, 0.3) is 0 Å². The Bertz CT molecular complexity index is 335. The Labute approximate surface area is 64.6 Å². The topological polar surface area (TPSA) is 21.6 Å². The molecule has 54 valence electrons. The lowest BCUT2D eigenvalue weighted by Crippen LogP contribution is -2.31. The molecular weight excluding hydrogens is 138 g/mol. The summed E-state index contributed by atoms with van der Waals surface area (Å²) in [6, 6.07) is 0. The molecule has 0 fully saturated rings. The molecule has 3 aliphatic heterocycles. The van der Waals surface area contributed by atoms with Crippen molar-refractivity contribution in [2.24, 2.45) is 4.99 Å². The van der Waals surface area contributed by atoms with Gasteiger partial charge in [-0.05, 0) is 24.3 Å². The van der Waals surface area contributed by atoms with Gasteiger partial charge < -0.3 is 4.74 Å². The highest BCUT2D eigenvalue weighted by Crippen LogP contribution is 2.41. The zero-order valence-electron chi connectivity index (χ0n) is 5.95. The molecule has 1 atom stereocenters. The second kappa shape index (κ2) is 1.47. The number of hydrogen-bond donors (Lipinski definition) is 0. The fourth-order valence-electron chi connectivity index (χ4n) is 1.69. The molecule has 0 saturated carbocycles. The number of ether oxygens (including phenoxy) is 1. The Kier molecular flexibility index (Phi) is 0.716. The van der Waals surface area contributed by atoms with Crippen LogP contribution in [0, 0.1) is 0 Å². The minimum absolute atomic E-state index is 0.204. The van der Waals surface area contributed by atoms with Crippen molar-refractivity contribution in [3.05, 3.63) is 35.6 Å². The van der Waals surface area contributed by atoms with E-state index in [0.717, 1.165) is 12.3 Å². The van der Waals surface area contributed by atoms with Crippen LogP contribution in [0.15, 0.2) is 40.6 Å². The minimum atomic E-state index is -0.204. The molecular formula is C9H7NO. The van der Waals surface area contributed by atoms with E-state index in [4.69, 9.17) is 4.74 Å². The molecule has 0 aliphatic carbocycles. The lowest BCUT2D eigenvalue weighted by Gasteiger charge is -2.24. The van der Waals surface area contributed by atoms with Gasteiger partial charge in [0.05, 0.1) is 6.54 Å². The number of dihydropyridines is 1. The first-order chi connectivity index (χ1) is 5.39. The van der Waals surface area contributed by atoms with E-state index in [0.29, 0.717) is 0 Å². The molecule has 11 heavy (non-hydrogen) atoms. The summed E-state index contributed by atoms with van der Waals surface area (Å²) in [5.41, 5.74) is 1.04. The van der Waals surface area contributed by atoms with Gasteiger partial charge >= 0.3 is 0 Å². The summed E-state index contributed by atoms with van der Waals surface area (Å²) < 4.78 is 5.63. The van der Waals surface area contributed by atoms with E-state index in [-0.39, 0.29) is 5.60 Å². The Hall–Kier alpha value is -1.31. The third-order valence-corrected chi connectivity index (χ3v) is 2.29. The quantitative estimate of drug-likeness (QED) is 0.502. The molecule has 0 aromatic rings. The Balaban J connectivity index is 2.23. The summed E-state index contributed by atoms with van der Waals surface area (Å²) in [6.07, 6.45) is 10.0. The van der Waals surface area contributed by atoms with Crippen molar-refractivity contribution in [3.63, 3.8) is 0 Å². The number of hydrogen-bond acceptors (Lipinski definition) is 2. The first kappa shape index (κ1) is 5.35. The molecule has 1 spiro atoms. The molecule has 2 heteroatoms. The van der Waals surface area contributed by atoms with Gasteiger partial charge in [0.1, 0.15) is 5.76 Å². The summed E-state index contributed by atoms with van der Waals surface area (Å²) in [5.74, 6) is 0.974. The average Bonchev–Trinajstić information content (AvgIpc) is 2.57. The Morgan fingerprint density at radius 1 is 1.55 bits per heavy atom. The standard InChI is InChI=1S/C9H7NO/c1-3-9-6-10-4-2-7(9)5-8(1)11-9/h1-5H,6H2. The maximum absolute atomic E-state index is 5.63. The fraction of sp³-hybridized carbons (Fsp3) is 0.222. The van der Waals surface area contributed by atoms with E-state index >= 15 is 0 Å². The lowest BCUT2D eigenvalue weighted by atomic mass is 9.91. The zero-order valence-corrected chi connectivity index (χ0v) is 5.95. The van der Waals surface area contributed by atoms with Crippen molar-refractivity contribution in [1.29, 1.82) is 0 Å². The van der Waals surface area contributed by atoms with Crippen LogP contribution < -0.4 is 0 Å². The van der Waals surface area contributed by atoms with Crippen molar-refractivity contribution in [1.82, 2.24) is 0 Å². The average molecular weight is 145 g/mol. The first-order valence-electron chi connectivity index (χ1n) is 3.70. The number of nitrogens with zero attached hydrogens (tertiary/aromatic N) is 1. The molecule has 3 heterocycles. The first-order valence-corrected chi connectivity index (χ1v) is 3.70. The van der Waals surface area contributed by atoms with Gasteiger partial charge in [-0.2, -0.15) is 0 Å². The molecule has 2 nitrogen and oxygen atoms in total. The van der Waals surface area contributed by atoms with Gasteiger partial charge in [0.25, 0.3) is 0 Å². The van der Waals surface area contributed by atoms with E-state index in [1.165, 1.54) is 5.57 Å². The maximum atomic E-state index is 5.63. The molecule has 1 unspecified atom stereocenters. The summed E-state index contributed by atoms with van der Waals surface area (Å²) >= 11 is 0. The zero-order chi connectivity index (χ0) is 7.31. The van der Waals surface area contributed by atoms with Crippen molar-refractivity contribution >= 4 is 6.21 Å². The van der Waals surface area contributed by atoms with Crippen LogP contribution in [0.1, 0.15) is 0 Å². The van der Waals surface area contributed by atoms with Gasteiger partial charge in [-0.25, -0.2) is 0 Å². The Morgan fingerprint density at radius 2 is 2.55 bits per heavy atom. The van der Waals surface area contributed by atoms with E-state index < -0.39 is 0 Å². The van der Waals surface area contributed by atoms with Crippen LogP contribution in [0.5, 0.6) is 0 Å². The second-order valence-corrected chi connectivity index (χ2v) is 2.98. The van der Waals surface area contributed by atoms with Crippen LogP contribution >= 0.6 is 0 Å². The second-order valence-electron chi connectivity index (χ2n) is 2.98. The third-order valence-electron chi connectivity index (χ3n) is 2.29. The van der Waals surface area contributed by atoms with Crippen molar-refractivity contribution in [3.8, 4) is 0 Å². The maximum Gasteiger partial charge on any atom is 0.172 e. The molecule has 0 aromatic carbocycles. The predicted molar refractivity (Wildman–Crippen MR) is 42.5 cm³/mol. The van der Waals surface area contributed by atoms with E-state index in [1.54, 1.807) is 0 Å². The van der Waals surface area contributed by atoms with Gasteiger partial charge in [-0.3, -0.25) is 4.99 Å². The molecule has 0 aromatic heterocycles. The van der Waals surface area contributed by atoms with Gasteiger partial charge in [-0.1, -0.05) is 0 Å².